The van der Waals surface area contributed by atoms with Crippen LogP contribution in [0.15, 0.2) is 18.2 Å². The summed E-state index contributed by atoms with van der Waals surface area (Å²) in [5.74, 6) is 1.62. The normalized spacial score (nSPS) is 8.83. The fourth-order valence-corrected chi connectivity index (χ4v) is 1.86. The number of hydrogen-bond donors (Lipinski definition) is 3. The average molecular weight is 312 g/mol. The molecule has 1 aromatic rings. The first kappa shape index (κ1) is 19.7. The molecule has 7 heteroatoms. The number of hydrogen-bond acceptors (Lipinski definition) is 4. The van der Waals surface area contributed by atoms with Gasteiger partial charge in [-0.1, -0.05) is 24.8 Å². The Kier molecular flexibility index (Phi) is 11.3. The maximum Gasteiger partial charge on any atom is 0.158 e. The van der Waals surface area contributed by atoms with Crippen LogP contribution in [0.25, 0.3) is 0 Å². The van der Waals surface area contributed by atoms with Gasteiger partial charge in [0, 0.05) is 17.8 Å². The highest BCUT2D eigenvalue weighted by molar-refractivity contribution is 8.14. The van der Waals surface area contributed by atoms with Crippen LogP contribution in [0.1, 0.15) is 12.5 Å². The van der Waals surface area contributed by atoms with Crippen molar-refractivity contribution in [3.63, 3.8) is 0 Å². The van der Waals surface area contributed by atoms with E-state index in [0.717, 1.165) is 22.8 Å². The van der Waals surface area contributed by atoms with Gasteiger partial charge in [0.1, 0.15) is 5.75 Å². The van der Waals surface area contributed by atoms with Crippen molar-refractivity contribution in [3.8, 4) is 5.75 Å². The number of thioether (sulfide) groups is 1. The maximum absolute atomic E-state index is 7.70. The lowest BCUT2D eigenvalue weighted by Gasteiger charge is -2.14. The number of nitrogens with two attached hydrogens (primary N) is 1. The van der Waals surface area contributed by atoms with Gasteiger partial charge in [0.05, 0.1) is 7.11 Å². The number of ether oxygens (including phenoxy) is 1. The third-order valence-electron chi connectivity index (χ3n) is 2.09. The molecule has 0 heterocycles. The quantitative estimate of drug-likeness (QED) is 0.590. The molecule has 1 rings (SSSR count). The molecule has 0 aromatic heterocycles. The summed E-state index contributed by atoms with van der Waals surface area (Å²) in [4.78, 5) is 0. The van der Waals surface area contributed by atoms with Crippen molar-refractivity contribution in [2.45, 2.75) is 13.5 Å². The highest BCUT2D eigenvalue weighted by Crippen LogP contribution is 2.26. The van der Waals surface area contributed by atoms with Crippen molar-refractivity contribution in [1.29, 1.82) is 5.41 Å². The summed E-state index contributed by atoms with van der Waals surface area (Å²) < 4.78 is 5.22. The van der Waals surface area contributed by atoms with Gasteiger partial charge in [-0.05, 0) is 17.9 Å². The Labute approximate surface area is 124 Å². The smallest absolute Gasteiger partial charge is 0.158 e. The third-order valence-corrected chi connectivity index (χ3v) is 2.77. The van der Waals surface area contributed by atoms with E-state index in [9.17, 15) is 0 Å². The van der Waals surface area contributed by atoms with Crippen molar-refractivity contribution in [1.82, 2.24) is 0 Å². The number of amidine groups is 1. The van der Waals surface area contributed by atoms with Gasteiger partial charge in [-0.25, -0.2) is 0 Å². The largest absolute Gasteiger partial charge is 0.496 e. The summed E-state index contributed by atoms with van der Waals surface area (Å²) in [6.45, 7) is 2.40. The number of nitrogens with one attached hydrogen (secondary N) is 2. The van der Waals surface area contributed by atoms with E-state index >= 15 is 0 Å². The second-order valence-electron chi connectivity index (χ2n) is 3.08. The topological polar surface area (TPSA) is 71.1 Å². The number of halogens is 2. The van der Waals surface area contributed by atoms with E-state index in [0.29, 0.717) is 11.7 Å². The van der Waals surface area contributed by atoms with E-state index in [4.69, 9.17) is 15.9 Å². The predicted molar refractivity (Wildman–Crippen MR) is 84.9 cm³/mol. The van der Waals surface area contributed by atoms with Gasteiger partial charge in [0.15, 0.2) is 5.17 Å². The fourth-order valence-electron chi connectivity index (χ4n) is 1.39. The summed E-state index contributed by atoms with van der Waals surface area (Å²) in [5.41, 5.74) is 7.41. The second kappa shape index (κ2) is 10.3. The molecular formula is C11H19Cl2N3OS. The zero-order valence-corrected chi connectivity index (χ0v) is 12.8. The Morgan fingerprint density at radius 1 is 1.44 bits per heavy atom. The van der Waals surface area contributed by atoms with E-state index in [-0.39, 0.29) is 24.8 Å². The number of anilines is 1. The molecule has 4 nitrogen and oxygen atoms in total. The molecular weight excluding hydrogens is 293 g/mol. The van der Waals surface area contributed by atoms with Crippen LogP contribution in [-0.4, -0.2) is 18.0 Å². The van der Waals surface area contributed by atoms with Crippen molar-refractivity contribution < 1.29 is 4.74 Å². The second-order valence-corrected chi connectivity index (χ2v) is 4.35. The molecule has 1 aromatic carbocycles. The Hall–Kier alpha value is -0.620. The summed E-state index contributed by atoms with van der Waals surface area (Å²) in [6.07, 6.45) is 0. The third kappa shape index (κ3) is 5.35. The number of methoxy groups -OCH3 is 1. The van der Waals surface area contributed by atoms with E-state index in [1.54, 1.807) is 7.11 Å². The molecule has 0 saturated carbocycles. The maximum atomic E-state index is 7.70. The first-order valence-electron chi connectivity index (χ1n) is 5.07. The molecule has 0 unspecified atom stereocenters. The molecule has 104 valence electrons. The molecule has 0 aliphatic heterocycles. The minimum atomic E-state index is 0. The predicted octanol–water partition coefficient (Wildman–Crippen LogP) is 3.10. The van der Waals surface area contributed by atoms with Crippen LogP contribution >= 0.6 is 36.6 Å². The van der Waals surface area contributed by atoms with E-state index < -0.39 is 0 Å². The standard InChI is InChI=1S/C11H17N3OS.2ClH/c1-3-16-11(13)14-9-5-4-6-10(15-2)8(9)7-12;;/h4-6H,3,7,12H2,1-2H3,(H2,13,14);2*1H. The fraction of sp³-hybridized carbons (Fsp3) is 0.364. The van der Waals surface area contributed by atoms with Crippen LogP contribution < -0.4 is 15.8 Å². The summed E-state index contributed by atoms with van der Waals surface area (Å²) in [5, 5.41) is 11.1. The van der Waals surface area contributed by atoms with Gasteiger partial charge in [0.25, 0.3) is 0 Å². The lowest BCUT2D eigenvalue weighted by Crippen LogP contribution is -2.11. The average Bonchev–Trinajstić information content (AvgIpc) is 2.29. The van der Waals surface area contributed by atoms with Crippen LogP contribution in [-0.2, 0) is 6.54 Å². The van der Waals surface area contributed by atoms with Gasteiger partial charge < -0.3 is 15.8 Å². The summed E-state index contributed by atoms with van der Waals surface area (Å²) in [7, 11) is 1.62. The van der Waals surface area contributed by atoms with Crippen LogP contribution in [0.4, 0.5) is 5.69 Å². The SMILES string of the molecule is CCSC(=N)Nc1cccc(OC)c1CN.Cl.Cl. The van der Waals surface area contributed by atoms with Gasteiger partial charge in [0.2, 0.25) is 0 Å². The number of benzene rings is 1. The molecule has 0 aliphatic carbocycles. The lowest BCUT2D eigenvalue weighted by molar-refractivity contribution is 0.410. The monoisotopic (exact) mass is 311 g/mol. The van der Waals surface area contributed by atoms with Crippen molar-refractivity contribution in [2.24, 2.45) is 5.73 Å². The Morgan fingerprint density at radius 3 is 2.61 bits per heavy atom. The van der Waals surface area contributed by atoms with Gasteiger partial charge in [-0.3, -0.25) is 5.41 Å². The molecule has 18 heavy (non-hydrogen) atoms. The van der Waals surface area contributed by atoms with Crippen LogP contribution in [0.2, 0.25) is 0 Å². The molecule has 0 atom stereocenters. The van der Waals surface area contributed by atoms with Crippen molar-refractivity contribution >= 4 is 47.4 Å². The molecule has 0 spiro atoms. The molecule has 0 bridgehead atoms. The van der Waals surface area contributed by atoms with Crippen LogP contribution in [0.3, 0.4) is 0 Å². The van der Waals surface area contributed by atoms with E-state index in [1.165, 1.54) is 11.8 Å². The molecule has 4 N–H and O–H groups in total. The summed E-state index contributed by atoms with van der Waals surface area (Å²) in [6, 6.07) is 5.64. The molecule has 0 aliphatic rings. The highest BCUT2D eigenvalue weighted by Gasteiger charge is 2.08. The number of rotatable bonds is 4. The first-order valence-corrected chi connectivity index (χ1v) is 6.05. The van der Waals surface area contributed by atoms with Gasteiger partial charge in [-0.15, -0.1) is 24.8 Å². The Bertz CT molecular complexity index is 377. The van der Waals surface area contributed by atoms with Gasteiger partial charge in [-0.2, -0.15) is 0 Å². The van der Waals surface area contributed by atoms with Crippen molar-refractivity contribution in [3.05, 3.63) is 23.8 Å². The lowest BCUT2D eigenvalue weighted by atomic mass is 10.1. The zero-order chi connectivity index (χ0) is 12.0. The Balaban J connectivity index is 0. The molecule has 0 amide bonds. The molecule has 0 fully saturated rings. The van der Waals surface area contributed by atoms with Crippen molar-refractivity contribution in [2.75, 3.05) is 18.2 Å². The minimum absolute atomic E-state index is 0. The van der Waals surface area contributed by atoms with E-state index in [1.807, 2.05) is 25.1 Å². The van der Waals surface area contributed by atoms with Crippen LogP contribution in [0, 0.1) is 5.41 Å². The minimum Gasteiger partial charge on any atom is -0.496 e. The molecule has 0 saturated heterocycles. The summed E-state index contributed by atoms with van der Waals surface area (Å²) >= 11 is 1.45. The zero-order valence-electron chi connectivity index (χ0n) is 10.4. The van der Waals surface area contributed by atoms with Gasteiger partial charge >= 0.3 is 0 Å². The Morgan fingerprint density at radius 2 is 2.11 bits per heavy atom. The van der Waals surface area contributed by atoms with Crippen LogP contribution in [0.5, 0.6) is 5.75 Å². The van der Waals surface area contributed by atoms with E-state index in [2.05, 4.69) is 5.32 Å². The first-order chi connectivity index (χ1) is 7.72. The highest BCUT2D eigenvalue weighted by atomic mass is 35.5. The molecule has 0 radical (unpaired) electrons.